The molecule has 6 nitrogen and oxygen atoms in total. The van der Waals surface area contributed by atoms with Gasteiger partial charge in [-0.25, -0.2) is 9.86 Å². The van der Waals surface area contributed by atoms with Gasteiger partial charge in [-0.3, -0.25) is 10.0 Å². The molecule has 0 aliphatic carbocycles. The molecule has 0 saturated heterocycles. The lowest BCUT2D eigenvalue weighted by Gasteiger charge is -2.12. The minimum absolute atomic E-state index is 0.246. The molecule has 0 unspecified atom stereocenters. The van der Waals surface area contributed by atoms with Crippen molar-refractivity contribution in [2.75, 3.05) is 13.7 Å². The smallest absolute Gasteiger partial charge is 0.330 e. The number of hydrogen-bond donors (Lipinski definition) is 2. The molecule has 3 N–H and O–H groups in total. The Morgan fingerprint density at radius 2 is 1.71 bits per heavy atom. The monoisotopic (exact) mass is 334 g/mol. The summed E-state index contributed by atoms with van der Waals surface area (Å²) in [6, 6.07) is 8.30. The van der Waals surface area contributed by atoms with Crippen LogP contribution in [0.5, 0.6) is 0 Å². The summed E-state index contributed by atoms with van der Waals surface area (Å²) < 4.78 is 4.37. The zero-order valence-corrected chi connectivity index (χ0v) is 14.1. The molecule has 1 aromatic rings. The third kappa shape index (κ3) is 7.89. The molecule has 0 fully saturated rings. The van der Waals surface area contributed by atoms with E-state index in [-0.39, 0.29) is 6.54 Å². The number of nitrogens with two attached hydrogens (primary N) is 1. The second-order valence-electron chi connectivity index (χ2n) is 5.50. The molecule has 0 atom stereocenters. The zero-order chi connectivity index (χ0) is 17.8. The highest BCUT2D eigenvalue weighted by molar-refractivity contribution is 5.93. The molecule has 1 amide bonds. The molecule has 0 aliphatic heterocycles. The second kappa shape index (κ2) is 11.4. The molecule has 0 aliphatic rings. The van der Waals surface area contributed by atoms with Gasteiger partial charge in [0.25, 0.3) is 5.91 Å². The highest BCUT2D eigenvalue weighted by atomic mass is 16.5. The Labute approximate surface area is 142 Å². The number of methoxy groups -OCH3 is 1. The van der Waals surface area contributed by atoms with Crippen molar-refractivity contribution in [2.45, 2.75) is 38.6 Å². The zero-order valence-electron chi connectivity index (χ0n) is 14.1. The minimum atomic E-state index is -0.628. The molecular weight excluding hydrogens is 308 g/mol. The number of esters is 1. The van der Waals surface area contributed by atoms with Crippen LogP contribution < -0.4 is 5.73 Å². The van der Waals surface area contributed by atoms with Crippen molar-refractivity contribution >= 4 is 11.9 Å². The molecule has 0 aromatic heterocycles. The second-order valence-corrected chi connectivity index (χ2v) is 5.50. The van der Waals surface area contributed by atoms with Gasteiger partial charge in [0.2, 0.25) is 0 Å². The van der Waals surface area contributed by atoms with Crippen molar-refractivity contribution in [2.24, 2.45) is 5.73 Å². The molecule has 1 aromatic carbocycles. The van der Waals surface area contributed by atoms with Gasteiger partial charge in [-0.15, -0.1) is 0 Å². The average Bonchev–Trinajstić information content (AvgIpc) is 2.62. The van der Waals surface area contributed by atoms with Crippen LogP contribution in [0.2, 0.25) is 0 Å². The fraction of sp³-hybridized carbons (Fsp3) is 0.444. The van der Waals surface area contributed by atoms with E-state index >= 15 is 0 Å². The van der Waals surface area contributed by atoms with Gasteiger partial charge in [-0.2, -0.15) is 0 Å². The van der Waals surface area contributed by atoms with Crippen LogP contribution in [-0.4, -0.2) is 35.8 Å². The van der Waals surface area contributed by atoms with Gasteiger partial charge in [0.05, 0.1) is 7.11 Å². The molecule has 0 saturated carbocycles. The van der Waals surface area contributed by atoms with Gasteiger partial charge in [0, 0.05) is 25.2 Å². The first kappa shape index (κ1) is 19.9. The fourth-order valence-corrected chi connectivity index (χ4v) is 2.19. The third-order valence-corrected chi connectivity index (χ3v) is 3.66. The minimum Gasteiger partial charge on any atom is -0.466 e. The molecule has 6 heteroatoms. The molecule has 24 heavy (non-hydrogen) atoms. The van der Waals surface area contributed by atoms with Crippen LogP contribution in [0.4, 0.5) is 0 Å². The summed E-state index contributed by atoms with van der Waals surface area (Å²) in [6.07, 6.45) is 6.71. The SMILES string of the molecule is COC(=O)/C=C/C(=O)N(O)CCCCCCc1ccc(CN)cc1. The summed E-state index contributed by atoms with van der Waals surface area (Å²) in [6.45, 7) is 0.807. The number of nitrogens with zero attached hydrogens (tertiary/aromatic N) is 1. The van der Waals surface area contributed by atoms with E-state index in [1.54, 1.807) is 0 Å². The Morgan fingerprint density at radius 1 is 1.08 bits per heavy atom. The van der Waals surface area contributed by atoms with Crippen molar-refractivity contribution in [3.8, 4) is 0 Å². The van der Waals surface area contributed by atoms with Crippen LogP contribution in [0.25, 0.3) is 0 Å². The normalized spacial score (nSPS) is 10.8. The highest BCUT2D eigenvalue weighted by Crippen LogP contribution is 2.10. The van der Waals surface area contributed by atoms with E-state index in [1.807, 2.05) is 12.1 Å². The first-order chi connectivity index (χ1) is 11.6. The average molecular weight is 334 g/mol. The molecule has 0 spiro atoms. The number of unbranched alkanes of at least 4 members (excludes halogenated alkanes) is 3. The van der Waals surface area contributed by atoms with E-state index in [1.165, 1.54) is 12.7 Å². The van der Waals surface area contributed by atoms with Gasteiger partial charge in [-0.1, -0.05) is 37.1 Å². The van der Waals surface area contributed by atoms with Crippen LogP contribution in [0.3, 0.4) is 0 Å². The van der Waals surface area contributed by atoms with E-state index in [9.17, 15) is 14.8 Å². The van der Waals surface area contributed by atoms with Crippen molar-refractivity contribution in [3.63, 3.8) is 0 Å². The van der Waals surface area contributed by atoms with E-state index in [2.05, 4.69) is 16.9 Å². The Morgan fingerprint density at radius 3 is 2.33 bits per heavy atom. The van der Waals surface area contributed by atoms with Crippen LogP contribution >= 0.6 is 0 Å². The number of amides is 1. The van der Waals surface area contributed by atoms with Crippen LogP contribution in [-0.2, 0) is 27.3 Å². The number of carbonyl (C=O) groups is 2. The predicted molar refractivity (Wildman–Crippen MR) is 91.2 cm³/mol. The van der Waals surface area contributed by atoms with Crippen molar-refractivity contribution < 1.29 is 19.5 Å². The standard InChI is InChI=1S/C18H26N2O4/c1-24-18(22)12-11-17(21)20(23)13-5-3-2-4-6-15-7-9-16(14-19)10-8-15/h7-12,23H,2-6,13-14,19H2,1H3/b12-11+. The van der Waals surface area contributed by atoms with Crippen LogP contribution in [0.1, 0.15) is 36.8 Å². The summed E-state index contributed by atoms with van der Waals surface area (Å²) in [7, 11) is 1.22. The maximum atomic E-state index is 11.5. The summed E-state index contributed by atoms with van der Waals surface area (Å²) in [4.78, 5) is 22.3. The fourth-order valence-electron chi connectivity index (χ4n) is 2.19. The van der Waals surface area contributed by atoms with Gasteiger partial charge in [0.15, 0.2) is 0 Å². The molecule has 0 radical (unpaired) electrons. The van der Waals surface area contributed by atoms with E-state index in [0.29, 0.717) is 18.0 Å². The molecule has 0 bridgehead atoms. The van der Waals surface area contributed by atoms with Crippen LogP contribution in [0, 0.1) is 0 Å². The maximum absolute atomic E-state index is 11.5. The lowest BCUT2D eigenvalue weighted by molar-refractivity contribution is -0.159. The third-order valence-electron chi connectivity index (χ3n) is 3.66. The lowest BCUT2D eigenvalue weighted by Crippen LogP contribution is -2.26. The topological polar surface area (TPSA) is 92.9 Å². The summed E-state index contributed by atoms with van der Waals surface area (Å²) in [5.74, 6) is -1.25. The Kier molecular flexibility index (Phi) is 9.41. The van der Waals surface area contributed by atoms with Gasteiger partial charge in [0.1, 0.15) is 0 Å². The van der Waals surface area contributed by atoms with Gasteiger partial charge < -0.3 is 10.5 Å². The van der Waals surface area contributed by atoms with Crippen molar-refractivity contribution in [1.29, 1.82) is 0 Å². The maximum Gasteiger partial charge on any atom is 0.330 e. The number of ether oxygens (including phenoxy) is 1. The van der Waals surface area contributed by atoms with E-state index < -0.39 is 11.9 Å². The number of hydrogen-bond acceptors (Lipinski definition) is 5. The molecule has 1 rings (SSSR count). The van der Waals surface area contributed by atoms with E-state index in [4.69, 9.17) is 5.73 Å². The Balaban J connectivity index is 2.13. The first-order valence-electron chi connectivity index (χ1n) is 8.11. The highest BCUT2D eigenvalue weighted by Gasteiger charge is 2.07. The Hall–Kier alpha value is -2.18. The number of benzene rings is 1. The number of carbonyl (C=O) groups excluding carboxylic acids is 2. The quantitative estimate of drug-likeness (QED) is 0.225. The first-order valence-corrected chi connectivity index (χ1v) is 8.11. The Bertz CT molecular complexity index is 540. The summed E-state index contributed by atoms with van der Waals surface area (Å²) in [5, 5.41) is 10.2. The van der Waals surface area contributed by atoms with Gasteiger partial charge >= 0.3 is 5.97 Å². The predicted octanol–water partition coefficient (Wildman–Crippen LogP) is 2.20. The molecule has 132 valence electrons. The number of aryl methyl sites for hydroxylation is 1. The van der Waals surface area contributed by atoms with Crippen molar-refractivity contribution in [3.05, 3.63) is 47.5 Å². The molecule has 0 heterocycles. The number of hydroxylamine groups is 2. The van der Waals surface area contributed by atoms with E-state index in [0.717, 1.165) is 43.4 Å². The summed E-state index contributed by atoms with van der Waals surface area (Å²) in [5.41, 5.74) is 7.99. The number of rotatable bonds is 10. The van der Waals surface area contributed by atoms with Crippen LogP contribution in [0.15, 0.2) is 36.4 Å². The largest absolute Gasteiger partial charge is 0.466 e. The van der Waals surface area contributed by atoms with Crippen molar-refractivity contribution in [1.82, 2.24) is 5.06 Å². The van der Waals surface area contributed by atoms with Gasteiger partial charge in [-0.05, 0) is 30.4 Å². The summed E-state index contributed by atoms with van der Waals surface area (Å²) >= 11 is 0. The molecular formula is C18H26N2O4. The lowest BCUT2D eigenvalue weighted by atomic mass is 10.0.